The molecule has 0 atom stereocenters. The molecule has 0 fully saturated rings. The molecule has 1 aromatic heterocycles. The maximum absolute atomic E-state index is 5.27. The summed E-state index contributed by atoms with van der Waals surface area (Å²) in [6.45, 7) is 0. The number of nitrogens with zero attached hydrogens (tertiary/aromatic N) is 4. The second kappa shape index (κ2) is 8.01. The number of fused-ring (bicyclic) bond motifs is 5. The van der Waals surface area contributed by atoms with E-state index in [0.29, 0.717) is 5.95 Å². The molecule has 0 N–H and O–H groups in total. The molecule has 0 bridgehead atoms. The first kappa shape index (κ1) is 21.5. The third-order valence-electron chi connectivity index (χ3n) is 8.10. The topological polar surface area (TPSA) is 35.6 Å². The Labute approximate surface area is 229 Å². The second-order valence-electron chi connectivity index (χ2n) is 10.3. The lowest BCUT2D eigenvalue weighted by Crippen LogP contribution is -2.14. The molecule has 0 saturated heterocycles. The van der Waals surface area contributed by atoms with Gasteiger partial charge in [-0.2, -0.15) is 0 Å². The van der Waals surface area contributed by atoms with Gasteiger partial charge in [0.05, 0.1) is 39.0 Å². The van der Waals surface area contributed by atoms with Crippen LogP contribution in [-0.4, -0.2) is 19.1 Å². The van der Waals surface area contributed by atoms with Gasteiger partial charge in [-0.1, -0.05) is 103 Å². The van der Waals surface area contributed by atoms with Gasteiger partial charge in [0.25, 0.3) is 0 Å². The molecule has 2 aliphatic rings. The van der Waals surface area contributed by atoms with Crippen LogP contribution in [0.1, 0.15) is 0 Å². The van der Waals surface area contributed by atoms with Crippen LogP contribution < -0.4 is 0 Å². The molecule has 0 amide bonds. The molecule has 0 unspecified atom stereocenters. The van der Waals surface area contributed by atoms with Gasteiger partial charge in [0.1, 0.15) is 0 Å². The smallest absolute Gasteiger partial charge is 0.235 e. The Kier molecular flexibility index (Phi) is 4.30. The largest absolute Gasteiger partial charge is 0.305 e. The zero-order valence-corrected chi connectivity index (χ0v) is 21.5. The molecule has 7 aromatic rings. The minimum absolute atomic E-state index is 0.662. The number of hydrogen-bond donors (Lipinski definition) is 0. The number of benzene rings is 6. The van der Waals surface area contributed by atoms with E-state index in [2.05, 4.69) is 130 Å². The molecule has 186 valence electrons. The van der Waals surface area contributed by atoms with Crippen LogP contribution in [0.4, 0.5) is 0 Å². The molecule has 2 aliphatic heterocycles. The summed E-state index contributed by atoms with van der Waals surface area (Å²) in [6, 6.07) is 47.0. The maximum atomic E-state index is 5.27. The van der Waals surface area contributed by atoms with Crippen molar-refractivity contribution in [2.75, 3.05) is 0 Å². The van der Waals surface area contributed by atoms with Crippen molar-refractivity contribution < 1.29 is 0 Å². The highest BCUT2D eigenvalue weighted by atomic mass is 15.2. The summed E-state index contributed by atoms with van der Waals surface area (Å²) in [5.74, 6) is 0.662. The third-order valence-corrected chi connectivity index (χ3v) is 8.10. The summed E-state index contributed by atoms with van der Waals surface area (Å²) in [4.78, 5) is 10.4. The Morgan fingerprint density at radius 1 is 0.425 bits per heavy atom. The lowest BCUT2D eigenvalue weighted by molar-refractivity contribution is 0.982. The van der Waals surface area contributed by atoms with Crippen LogP contribution in [-0.2, 0) is 0 Å². The highest BCUT2D eigenvalue weighted by molar-refractivity contribution is 6.20. The van der Waals surface area contributed by atoms with Crippen molar-refractivity contribution in [3.05, 3.63) is 133 Å². The average molecular weight is 511 g/mol. The molecule has 0 radical (unpaired) electrons. The zero-order valence-electron chi connectivity index (χ0n) is 21.5. The van der Waals surface area contributed by atoms with Gasteiger partial charge in [0, 0.05) is 21.7 Å². The molecule has 40 heavy (non-hydrogen) atoms. The fourth-order valence-corrected chi connectivity index (χ4v) is 6.43. The van der Waals surface area contributed by atoms with E-state index in [-0.39, 0.29) is 0 Å². The summed E-state index contributed by atoms with van der Waals surface area (Å²) < 4.78 is 4.66. The van der Waals surface area contributed by atoms with E-state index in [1.807, 2.05) is 12.1 Å². The molecular formula is C36H22N4. The van der Waals surface area contributed by atoms with Crippen LogP contribution in [0.2, 0.25) is 0 Å². The molecule has 0 saturated carbocycles. The Balaban J connectivity index is 1.52. The van der Waals surface area contributed by atoms with E-state index in [4.69, 9.17) is 9.97 Å². The lowest BCUT2D eigenvalue weighted by Gasteiger charge is -2.26. The van der Waals surface area contributed by atoms with Gasteiger partial charge in [0.15, 0.2) is 0 Å². The number of para-hydroxylation sites is 4. The van der Waals surface area contributed by atoms with Gasteiger partial charge in [-0.3, -0.25) is 4.57 Å². The molecular weight excluding hydrogens is 488 g/mol. The molecule has 3 heterocycles. The second-order valence-corrected chi connectivity index (χ2v) is 10.3. The average Bonchev–Trinajstić information content (AvgIpc) is 3.02. The quantitative estimate of drug-likeness (QED) is 0.172. The number of aromatic nitrogens is 4. The Bertz CT molecular complexity index is 2370. The van der Waals surface area contributed by atoms with Crippen LogP contribution in [0.15, 0.2) is 133 Å². The van der Waals surface area contributed by atoms with E-state index in [0.717, 1.165) is 44.4 Å². The van der Waals surface area contributed by atoms with E-state index in [1.54, 1.807) is 0 Å². The predicted octanol–water partition coefficient (Wildman–Crippen LogP) is 8.93. The first-order chi connectivity index (χ1) is 19.9. The van der Waals surface area contributed by atoms with Gasteiger partial charge in [-0.25, -0.2) is 9.97 Å². The number of pyridine rings is 1. The first-order valence-corrected chi connectivity index (χ1v) is 13.5. The number of hydrogen-bond acceptors (Lipinski definition) is 2. The maximum Gasteiger partial charge on any atom is 0.235 e. The van der Waals surface area contributed by atoms with Crippen molar-refractivity contribution in [2.24, 2.45) is 0 Å². The van der Waals surface area contributed by atoms with Gasteiger partial charge in [0.2, 0.25) is 5.95 Å². The third kappa shape index (κ3) is 2.85. The SMILES string of the molecule is c1ccc(-c2nc(-n3c4cccc5c4-n(c4cccc6cccc5c64)c4ccccc43)nc3ccccc23)cc1. The molecule has 6 aromatic carbocycles. The Morgan fingerprint density at radius 2 is 1.05 bits per heavy atom. The summed E-state index contributed by atoms with van der Waals surface area (Å²) in [5, 5.41) is 6.04. The minimum Gasteiger partial charge on any atom is -0.305 e. The fourth-order valence-electron chi connectivity index (χ4n) is 6.43. The van der Waals surface area contributed by atoms with E-state index >= 15 is 0 Å². The van der Waals surface area contributed by atoms with Crippen molar-refractivity contribution in [1.29, 1.82) is 0 Å². The predicted molar refractivity (Wildman–Crippen MR) is 165 cm³/mol. The van der Waals surface area contributed by atoms with Gasteiger partial charge >= 0.3 is 0 Å². The molecule has 4 nitrogen and oxygen atoms in total. The van der Waals surface area contributed by atoms with E-state index < -0.39 is 0 Å². The van der Waals surface area contributed by atoms with Crippen LogP contribution in [0.5, 0.6) is 0 Å². The van der Waals surface area contributed by atoms with Crippen molar-refractivity contribution in [1.82, 2.24) is 19.1 Å². The van der Waals surface area contributed by atoms with Crippen molar-refractivity contribution >= 4 is 54.5 Å². The molecule has 0 spiro atoms. The lowest BCUT2D eigenvalue weighted by atomic mass is 9.97. The number of rotatable bonds is 2. The normalized spacial score (nSPS) is 12.0. The van der Waals surface area contributed by atoms with Crippen LogP contribution in [0.3, 0.4) is 0 Å². The first-order valence-electron chi connectivity index (χ1n) is 13.5. The highest BCUT2D eigenvalue weighted by Gasteiger charge is 2.23. The van der Waals surface area contributed by atoms with Gasteiger partial charge in [-0.15, -0.1) is 0 Å². The molecule has 4 heteroatoms. The highest BCUT2D eigenvalue weighted by Crippen LogP contribution is 2.41. The zero-order chi connectivity index (χ0) is 26.2. The van der Waals surface area contributed by atoms with Gasteiger partial charge < -0.3 is 4.57 Å². The van der Waals surface area contributed by atoms with Crippen molar-refractivity contribution in [3.63, 3.8) is 0 Å². The summed E-state index contributed by atoms with van der Waals surface area (Å²) in [6.07, 6.45) is 0. The molecule has 0 aliphatic carbocycles. The monoisotopic (exact) mass is 510 g/mol. The van der Waals surface area contributed by atoms with E-state index in [9.17, 15) is 0 Å². The van der Waals surface area contributed by atoms with Crippen LogP contribution >= 0.6 is 0 Å². The summed E-state index contributed by atoms with van der Waals surface area (Å²) in [7, 11) is 0. The van der Waals surface area contributed by atoms with Crippen LogP contribution in [0.25, 0.3) is 77.4 Å². The summed E-state index contributed by atoms with van der Waals surface area (Å²) >= 11 is 0. The Morgan fingerprint density at radius 3 is 1.93 bits per heavy atom. The standard InChI is InChI=1S/C36H22N4/c1-2-11-24(12-3-1)34-27-15-4-5-18-28(27)37-36(38-34)40-30-20-7-6-19-29(30)39-31-21-9-14-23-13-8-16-25(33(23)31)26-17-10-22-32(40)35(26)39/h1-22H. The Hall–Kier alpha value is -5.48. The van der Waals surface area contributed by atoms with Crippen molar-refractivity contribution in [2.45, 2.75) is 0 Å². The van der Waals surface area contributed by atoms with Gasteiger partial charge in [-0.05, 0) is 41.1 Å². The fraction of sp³-hybridized carbons (Fsp3) is 0. The molecule has 9 rings (SSSR count). The minimum atomic E-state index is 0.662. The van der Waals surface area contributed by atoms with E-state index in [1.165, 1.54) is 27.1 Å². The summed E-state index contributed by atoms with van der Waals surface area (Å²) in [5.41, 5.74) is 8.52. The van der Waals surface area contributed by atoms with Crippen molar-refractivity contribution in [3.8, 4) is 22.9 Å². The van der Waals surface area contributed by atoms with Crippen LogP contribution in [0, 0.1) is 0 Å².